The maximum Gasteiger partial charge on any atom is 0.265 e. The molecule has 0 unspecified atom stereocenters. The summed E-state index contributed by atoms with van der Waals surface area (Å²) in [6.07, 6.45) is 4.68. The molecule has 6 nitrogen and oxygen atoms in total. The summed E-state index contributed by atoms with van der Waals surface area (Å²) in [6, 6.07) is 10.6. The fourth-order valence-electron chi connectivity index (χ4n) is 3.10. The number of hydrogen-bond donors (Lipinski definition) is 3. The van der Waals surface area contributed by atoms with Crippen LogP contribution in [0.2, 0.25) is 0 Å². The van der Waals surface area contributed by atoms with Gasteiger partial charge in [0.2, 0.25) is 5.91 Å². The number of anilines is 1. The summed E-state index contributed by atoms with van der Waals surface area (Å²) in [4.78, 5) is 36.9. The van der Waals surface area contributed by atoms with Gasteiger partial charge in [0, 0.05) is 30.3 Å². The van der Waals surface area contributed by atoms with Crippen LogP contribution < -0.4 is 16.0 Å². The molecule has 2 aromatic rings. The molecule has 3 amide bonds. The lowest BCUT2D eigenvalue weighted by Crippen LogP contribution is -2.35. The molecular weight excluding hydrogens is 362 g/mol. The summed E-state index contributed by atoms with van der Waals surface area (Å²) < 4.78 is 0. The van der Waals surface area contributed by atoms with Crippen molar-refractivity contribution in [3.8, 4) is 0 Å². The summed E-state index contributed by atoms with van der Waals surface area (Å²) in [7, 11) is 0. The maximum atomic E-state index is 12.3. The number of hydrogen-bond acceptors (Lipinski definition) is 4. The van der Waals surface area contributed by atoms with Crippen molar-refractivity contribution in [2.75, 3.05) is 11.9 Å². The molecule has 142 valence electrons. The van der Waals surface area contributed by atoms with Crippen LogP contribution >= 0.6 is 11.3 Å². The molecule has 0 aliphatic heterocycles. The van der Waals surface area contributed by atoms with Gasteiger partial charge in [0.15, 0.2) is 0 Å². The average Bonchev–Trinajstić information content (AvgIpc) is 3.36. The van der Waals surface area contributed by atoms with Gasteiger partial charge in [-0.25, -0.2) is 0 Å². The highest BCUT2D eigenvalue weighted by Gasteiger charge is 2.17. The predicted octanol–water partition coefficient (Wildman–Crippen LogP) is 3.18. The third-order valence-electron chi connectivity index (χ3n) is 4.49. The third kappa shape index (κ3) is 5.65. The first kappa shape index (κ1) is 19.1. The Morgan fingerprint density at radius 2 is 1.85 bits per heavy atom. The molecule has 7 heteroatoms. The van der Waals surface area contributed by atoms with Gasteiger partial charge in [-0.15, -0.1) is 11.3 Å². The fourth-order valence-corrected chi connectivity index (χ4v) is 3.72. The Kier molecular flexibility index (Phi) is 6.59. The molecule has 1 heterocycles. The Morgan fingerprint density at radius 1 is 1.04 bits per heavy atom. The van der Waals surface area contributed by atoms with Crippen molar-refractivity contribution in [1.29, 1.82) is 0 Å². The van der Waals surface area contributed by atoms with Crippen molar-refractivity contribution in [2.45, 2.75) is 38.1 Å². The topological polar surface area (TPSA) is 87.3 Å². The molecule has 1 aromatic carbocycles. The van der Waals surface area contributed by atoms with Crippen molar-refractivity contribution < 1.29 is 14.4 Å². The van der Waals surface area contributed by atoms with E-state index in [0.29, 0.717) is 16.1 Å². The van der Waals surface area contributed by atoms with Crippen LogP contribution in [-0.4, -0.2) is 30.3 Å². The van der Waals surface area contributed by atoms with Gasteiger partial charge in [-0.1, -0.05) is 25.0 Å². The Labute approximate surface area is 162 Å². The molecule has 1 aromatic heterocycles. The number of carbonyl (C=O) groups excluding carboxylic acids is 3. The molecule has 0 spiro atoms. The minimum Gasteiger partial charge on any atom is -0.353 e. The van der Waals surface area contributed by atoms with Crippen LogP contribution in [-0.2, 0) is 4.79 Å². The van der Waals surface area contributed by atoms with Crippen molar-refractivity contribution >= 4 is 34.7 Å². The van der Waals surface area contributed by atoms with Crippen LogP contribution in [0.15, 0.2) is 41.8 Å². The fraction of sp³-hybridized carbons (Fsp3) is 0.350. The van der Waals surface area contributed by atoms with Gasteiger partial charge in [-0.3, -0.25) is 14.4 Å². The molecule has 1 fully saturated rings. The van der Waals surface area contributed by atoms with Crippen LogP contribution in [0.3, 0.4) is 0 Å². The second-order valence-corrected chi connectivity index (χ2v) is 7.51. The lowest BCUT2D eigenvalue weighted by atomic mass is 10.2. The van der Waals surface area contributed by atoms with Gasteiger partial charge in [-0.05, 0) is 42.5 Å². The van der Waals surface area contributed by atoms with Crippen LogP contribution in [0, 0.1) is 0 Å². The van der Waals surface area contributed by atoms with E-state index in [-0.39, 0.29) is 36.7 Å². The average molecular weight is 385 g/mol. The van der Waals surface area contributed by atoms with Gasteiger partial charge in [0.25, 0.3) is 11.8 Å². The minimum absolute atomic E-state index is 0.0286. The predicted molar refractivity (Wildman–Crippen MR) is 106 cm³/mol. The number of amides is 3. The first-order chi connectivity index (χ1) is 13.1. The Hall–Kier alpha value is -2.67. The first-order valence-electron chi connectivity index (χ1n) is 9.14. The van der Waals surface area contributed by atoms with E-state index in [9.17, 15) is 14.4 Å². The van der Waals surface area contributed by atoms with Gasteiger partial charge in [0.1, 0.15) is 0 Å². The van der Waals surface area contributed by atoms with Crippen molar-refractivity contribution in [1.82, 2.24) is 10.6 Å². The molecule has 27 heavy (non-hydrogen) atoms. The molecule has 1 aliphatic carbocycles. The quantitative estimate of drug-likeness (QED) is 0.684. The highest BCUT2D eigenvalue weighted by atomic mass is 32.1. The largest absolute Gasteiger partial charge is 0.353 e. The lowest BCUT2D eigenvalue weighted by Gasteiger charge is -2.12. The third-order valence-corrected chi connectivity index (χ3v) is 5.35. The van der Waals surface area contributed by atoms with E-state index in [1.807, 2.05) is 11.4 Å². The van der Waals surface area contributed by atoms with Crippen LogP contribution in [0.1, 0.15) is 52.1 Å². The van der Waals surface area contributed by atoms with Crippen LogP contribution in [0.4, 0.5) is 5.69 Å². The van der Waals surface area contributed by atoms with E-state index >= 15 is 0 Å². The molecule has 1 aliphatic rings. The second kappa shape index (κ2) is 9.32. The zero-order valence-electron chi connectivity index (χ0n) is 15.0. The van der Waals surface area contributed by atoms with E-state index in [2.05, 4.69) is 16.0 Å². The molecule has 0 radical (unpaired) electrons. The highest BCUT2D eigenvalue weighted by Crippen LogP contribution is 2.17. The van der Waals surface area contributed by atoms with Crippen molar-refractivity contribution in [2.24, 2.45) is 0 Å². The van der Waals surface area contributed by atoms with E-state index in [1.54, 1.807) is 30.3 Å². The number of thiophene rings is 1. The maximum absolute atomic E-state index is 12.3. The molecule has 0 saturated heterocycles. The molecule has 3 N–H and O–H groups in total. The number of rotatable bonds is 7. The zero-order chi connectivity index (χ0) is 19.1. The van der Waals surface area contributed by atoms with Crippen molar-refractivity contribution in [3.63, 3.8) is 0 Å². The monoisotopic (exact) mass is 385 g/mol. The van der Waals surface area contributed by atoms with E-state index < -0.39 is 0 Å². The van der Waals surface area contributed by atoms with Gasteiger partial charge < -0.3 is 16.0 Å². The van der Waals surface area contributed by atoms with Crippen LogP contribution in [0.25, 0.3) is 0 Å². The molecule has 3 rings (SSSR count). The van der Waals surface area contributed by atoms with E-state index in [1.165, 1.54) is 24.2 Å². The molecule has 0 bridgehead atoms. The summed E-state index contributed by atoms with van der Waals surface area (Å²) >= 11 is 1.36. The summed E-state index contributed by atoms with van der Waals surface area (Å²) in [6.45, 7) is 0.281. The smallest absolute Gasteiger partial charge is 0.265 e. The number of carbonyl (C=O) groups is 3. The first-order valence-corrected chi connectivity index (χ1v) is 10.0. The molecule has 0 atom stereocenters. The molecular formula is C20H23N3O3S. The van der Waals surface area contributed by atoms with Crippen molar-refractivity contribution in [3.05, 3.63) is 52.2 Å². The van der Waals surface area contributed by atoms with Crippen LogP contribution in [0.5, 0.6) is 0 Å². The Balaban J connectivity index is 1.46. The number of benzene rings is 1. The number of nitrogens with one attached hydrogen (secondary N) is 3. The van der Waals surface area contributed by atoms with Gasteiger partial charge in [0.05, 0.1) is 4.88 Å². The van der Waals surface area contributed by atoms with E-state index in [0.717, 1.165) is 12.8 Å². The Morgan fingerprint density at radius 3 is 2.59 bits per heavy atom. The minimum atomic E-state index is -0.268. The van der Waals surface area contributed by atoms with Gasteiger partial charge >= 0.3 is 0 Å². The van der Waals surface area contributed by atoms with Gasteiger partial charge in [-0.2, -0.15) is 0 Å². The summed E-state index contributed by atoms with van der Waals surface area (Å²) in [5, 5.41) is 10.4. The normalized spacial score (nSPS) is 13.9. The molecule has 1 saturated carbocycles. The summed E-state index contributed by atoms with van der Waals surface area (Å²) in [5.41, 5.74) is 0.996. The lowest BCUT2D eigenvalue weighted by molar-refractivity contribution is -0.121. The summed E-state index contributed by atoms with van der Waals surface area (Å²) in [5.74, 6) is -0.499. The standard InChI is InChI=1S/C20H23N3O3S/c24-18(22-15-6-1-2-7-15)10-11-21-19(25)14-5-3-8-16(13-14)23-20(26)17-9-4-12-27-17/h3-5,8-9,12-13,15H,1-2,6-7,10-11H2,(H,21,25)(H,22,24)(H,23,26). The Bertz CT molecular complexity index is 799. The SMILES string of the molecule is O=C(CCNC(=O)c1cccc(NC(=O)c2cccs2)c1)NC1CCCC1. The highest BCUT2D eigenvalue weighted by molar-refractivity contribution is 7.12. The second-order valence-electron chi connectivity index (χ2n) is 6.57. The van der Waals surface area contributed by atoms with E-state index in [4.69, 9.17) is 0 Å². The zero-order valence-corrected chi connectivity index (χ0v) is 15.8.